The van der Waals surface area contributed by atoms with Crippen LogP contribution >= 0.6 is 15.9 Å². The van der Waals surface area contributed by atoms with E-state index in [1.54, 1.807) is 7.11 Å². The highest BCUT2D eigenvalue weighted by Crippen LogP contribution is 2.20. The van der Waals surface area contributed by atoms with Gasteiger partial charge in [0.1, 0.15) is 5.75 Å². The van der Waals surface area contributed by atoms with Gasteiger partial charge in [0.05, 0.1) is 12.8 Å². The van der Waals surface area contributed by atoms with Crippen molar-refractivity contribution in [3.05, 3.63) is 58.3 Å². The molecule has 0 saturated carbocycles. The van der Waals surface area contributed by atoms with E-state index in [9.17, 15) is 0 Å². The molecule has 4 heteroatoms. The van der Waals surface area contributed by atoms with Crippen LogP contribution in [0.15, 0.2) is 47.1 Å². The summed E-state index contributed by atoms with van der Waals surface area (Å²) in [6.07, 6.45) is 2.86. The number of methoxy groups -OCH3 is 1. The Balaban J connectivity index is 1.99. The van der Waals surface area contributed by atoms with Crippen LogP contribution in [-0.2, 0) is 6.54 Å². The standard InChI is InChI=1S/C16H19BrN2O/c1-3-16(12-4-8-15(20-2)9-5-12)19-11-14-7-6-13(17)10-18-14/h4-10,16,19H,3,11H2,1-2H3. The van der Waals surface area contributed by atoms with Crippen molar-refractivity contribution in [2.45, 2.75) is 25.9 Å². The summed E-state index contributed by atoms with van der Waals surface area (Å²) in [5, 5.41) is 3.54. The second kappa shape index (κ2) is 7.41. The molecule has 0 radical (unpaired) electrons. The topological polar surface area (TPSA) is 34.2 Å². The molecule has 106 valence electrons. The minimum absolute atomic E-state index is 0.325. The van der Waals surface area contributed by atoms with Crippen LogP contribution in [0.5, 0.6) is 5.75 Å². The molecule has 1 N–H and O–H groups in total. The molecule has 2 aromatic rings. The highest BCUT2D eigenvalue weighted by Gasteiger charge is 2.09. The number of benzene rings is 1. The number of rotatable bonds is 6. The number of nitrogens with one attached hydrogen (secondary N) is 1. The molecule has 0 aliphatic rings. The predicted octanol–water partition coefficient (Wildman–Crippen LogP) is 4.09. The maximum absolute atomic E-state index is 5.19. The van der Waals surface area contributed by atoms with Crippen molar-refractivity contribution in [1.29, 1.82) is 0 Å². The van der Waals surface area contributed by atoms with Gasteiger partial charge in [0.25, 0.3) is 0 Å². The first-order chi connectivity index (χ1) is 9.72. The first-order valence-electron chi connectivity index (χ1n) is 6.70. The van der Waals surface area contributed by atoms with Crippen LogP contribution in [0.4, 0.5) is 0 Å². The Morgan fingerprint density at radius 2 is 1.95 bits per heavy atom. The lowest BCUT2D eigenvalue weighted by molar-refractivity contribution is 0.414. The maximum atomic E-state index is 5.19. The average molecular weight is 335 g/mol. The van der Waals surface area contributed by atoms with Gasteiger partial charge in [0.15, 0.2) is 0 Å². The van der Waals surface area contributed by atoms with Crippen LogP contribution in [0.25, 0.3) is 0 Å². The third kappa shape index (κ3) is 4.05. The molecular weight excluding hydrogens is 316 g/mol. The number of hydrogen-bond donors (Lipinski definition) is 1. The number of ether oxygens (including phenoxy) is 1. The third-order valence-electron chi connectivity index (χ3n) is 3.24. The Kier molecular flexibility index (Phi) is 5.56. The van der Waals surface area contributed by atoms with E-state index in [1.165, 1.54) is 5.56 Å². The summed E-state index contributed by atoms with van der Waals surface area (Å²) in [6, 6.07) is 12.6. The van der Waals surface area contributed by atoms with Crippen LogP contribution in [0.3, 0.4) is 0 Å². The van der Waals surface area contributed by atoms with E-state index in [0.29, 0.717) is 6.04 Å². The van der Waals surface area contributed by atoms with Gasteiger partial charge < -0.3 is 10.1 Å². The predicted molar refractivity (Wildman–Crippen MR) is 84.8 cm³/mol. The van der Waals surface area contributed by atoms with Gasteiger partial charge >= 0.3 is 0 Å². The molecule has 3 nitrogen and oxygen atoms in total. The zero-order valence-electron chi connectivity index (χ0n) is 11.8. The van der Waals surface area contributed by atoms with Gasteiger partial charge in [-0.3, -0.25) is 4.98 Å². The van der Waals surface area contributed by atoms with Gasteiger partial charge in [-0.1, -0.05) is 19.1 Å². The number of pyridine rings is 1. The van der Waals surface area contributed by atoms with E-state index in [1.807, 2.05) is 30.5 Å². The number of nitrogens with zero attached hydrogens (tertiary/aromatic N) is 1. The lowest BCUT2D eigenvalue weighted by Crippen LogP contribution is -2.20. The van der Waals surface area contributed by atoms with Gasteiger partial charge in [-0.15, -0.1) is 0 Å². The van der Waals surface area contributed by atoms with Crippen molar-refractivity contribution < 1.29 is 4.74 Å². The Labute approximate surface area is 128 Å². The minimum Gasteiger partial charge on any atom is -0.497 e. The fourth-order valence-corrected chi connectivity index (χ4v) is 2.31. The Morgan fingerprint density at radius 1 is 1.20 bits per heavy atom. The van der Waals surface area contributed by atoms with E-state index in [-0.39, 0.29) is 0 Å². The van der Waals surface area contributed by atoms with Gasteiger partial charge in [-0.25, -0.2) is 0 Å². The summed E-state index contributed by atoms with van der Waals surface area (Å²) in [7, 11) is 1.68. The summed E-state index contributed by atoms with van der Waals surface area (Å²) >= 11 is 3.39. The fourth-order valence-electron chi connectivity index (χ4n) is 2.07. The molecule has 0 fully saturated rings. The molecule has 0 amide bonds. The molecule has 1 heterocycles. The molecule has 2 rings (SSSR count). The monoisotopic (exact) mass is 334 g/mol. The van der Waals surface area contributed by atoms with Crippen molar-refractivity contribution in [2.24, 2.45) is 0 Å². The molecule has 1 aromatic heterocycles. The summed E-state index contributed by atoms with van der Waals surface area (Å²) < 4.78 is 6.19. The van der Waals surface area contributed by atoms with E-state index in [4.69, 9.17) is 4.74 Å². The molecule has 0 bridgehead atoms. The number of aromatic nitrogens is 1. The molecule has 0 aliphatic carbocycles. The largest absolute Gasteiger partial charge is 0.497 e. The zero-order valence-corrected chi connectivity index (χ0v) is 13.4. The van der Waals surface area contributed by atoms with Crippen molar-refractivity contribution in [1.82, 2.24) is 10.3 Å². The molecule has 1 aromatic carbocycles. The van der Waals surface area contributed by atoms with Crippen LogP contribution in [-0.4, -0.2) is 12.1 Å². The van der Waals surface area contributed by atoms with Gasteiger partial charge in [0, 0.05) is 23.3 Å². The Morgan fingerprint density at radius 3 is 2.50 bits per heavy atom. The van der Waals surface area contributed by atoms with E-state index in [0.717, 1.165) is 28.9 Å². The second-order valence-electron chi connectivity index (χ2n) is 4.58. The molecule has 0 spiro atoms. The molecule has 1 atom stereocenters. The van der Waals surface area contributed by atoms with Crippen LogP contribution < -0.4 is 10.1 Å². The third-order valence-corrected chi connectivity index (χ3v) is 3.71. The summed E-state index contributed by atoms with van der Waals surface area (Å²) in [6.45, 7) is 2.94. The van der Waals surface area contributed by atoms with E-state index in [2.05, 4.69) is 45.3 Å². The summed E-state index contributed by atoms with van der Waals surface area (Å²) in [4.78, 5) is 4.38. The quantitative estimate of drug-likeness (QED) is 0.863. The van der Waals surface area contributed by atoms with Gasteiger partial charge in [-0.05, 0) is 52.2 Å². The lowest BCUT2D eigenvalue weighted by Gasteiger charge is -2.17. The molecule has 1 unspecified atom stereocenters. The van der Waals surface area contributed by atoms with Crippen LogP contribution in [0.2, 0.25) is 0 Å². The summed E-state index contributed by atoms with van der Waals surface area (Å²) in [5.41, 5.74) is 2.31. The van der Waals surface area contributed by atoms with Crippen LogP contribution in [0.1, 0.15) is 30.6 Å². The van der Waals surface area contributed by atoms with Crippen molar-refractivity contribution in [3.63, 3.8) is 0 Å². The maximum Gasteiger partial charge on any atom is 0.118 e. The van der Waals surface area contributed by atoms with Crippen molar-refractivity contribution in [3.8, 4) is 5.75 Å². The Bertz CT molecular complexity index is 525. The molecule has 20 heavy (non-hydrogen) atoms. The van der Waals surface area contributed by atoms with E-state index >= 15 is 0 Å². The van der Waals surface area contributed by atoms with Gasteiger partial charge in [-0.2, -0.15) is 0 Å². The molecule has 0 saturated heterocycles. The highest BCUT2D eigenvalue weighted by atomic mass is 79.9. The lowest BCUT2D eigenvalue weighted by atomic mass is 10.0. The average Bonchev–Trinajstić information content (AvgIpc) is 2.50. The first kappa shape index (κ1) is 15.0. The van der Waals surface area contributed by atoms with Gasteiger partial charge in [0.2, 0.25) is 0 Å². The smallest absolute Gasteiger partial charge is 0.118 e. The second-order valence-corrected chi connectivity index (χ2v) is 5.50. The number of hydrogen-bond acceptors (Lipinski definition) is 3. The highest BCUT2D eigenvalue weighted by molar-refractivity contribution is 9.10. The fraction of sp³-hybridized carbons (Fsp3) is 0.312. The normalized spacial score (nSPS) is 12.2. The van der Waals surface area contributed by atoms with Crippen molar-refractivity contribution in [2.75, 3.05) is 7.11 Å². The van der Waals surface area contributed by atoms with Crippen LogP contribution in [0, 0.1) is 0 Å². The number of halogens is 1. The van der Waals surface area contributed by atoms with Crippen molar-refractivity contribution >= 4 is 15.9 Å². The molecular formula is C16H19BrN2O. The SMILES string of the molecule is CCC(NCc1ccc(Br)cn1)c1ccc(OC)cc1. The minimum atomic E-state index is 0.325. The Hall–Kier alpha value is -1.39. The molecule has 0 aliphatic heterocycles. The zero-order chi connectivity index (χ0) is 14.4. The first-order valence-corrected chi connectivity index (χ1v) is 7.50. The summed E-state index contributed by atoms with van der Waals surface area (Å²) in [5.74, 6) is 0.887. The van der Waals surface area contributed by atoms with E-state index < -0.39 is 0 Å².